The van der Waals surface area contributed by atoms with Gasteiger partial charge >= 0.3 is 11.9 Å². The predicted molar refractivity (Wildman–Crippen MR) is 50.8 cm³/mol. The molecule has 0 saturated carbocycles. The highest BCUT2D eigenvalue weighted by Crippen LogP contribution is 2.00. The van der Waals surface area contributed by atoms with Crippen molar-refractivity contribution in [2.75, 3.05) is 18.1 Å². The van der Waals surface area contributed by atoms with E-state index in [-0.39, 0.29) is 17.5 Å². The topological polar surface area (TPSA) is 63.6 Å². The van der Waals surface area contributed by atoms with Gasteiger partial charge in [-0.2, -0.15) is 0 Å². The second kappa shape index (κ2) is 7.91. The van der Waals surface area contributed by atoms with E-state index in [9.17, 15) is 9.59 Å². The third-order valence-electron chi connectivity index (χ3n) is 1.21. The van der Waals surface area contributed by atoms with Crippen molar-refractivity contribution in [3.63, 3.8) is 0 Å². The molecule has 76 valence electrons. The minimum atomic E-state index is -0.911. The lowest BCUT2D eigenvalue weighted by Gasteiger charge is -2.01. The van der Waals surface area contributed by atoms with E-state index in [4.69, 9.17) is 9.84 Å². The van der Waals surface area contributed by atoms with Crippen LogP contribution in [0.25, 0.3) is 0 Å². The first-order valence-electron chi connectivity index (χ1n) is 4.12. The largest absolute Gasteiger partial charge is 0.481 e. The van der Waals surface area contributed by atoms with E-state index in [2.05, 4.69) is 0 Å². The number of rotatable bonds is 7. The summed E-state index contributed by atoms with van der Waals surface area (Å²) in [5.41, 5.74) is 0. The normalized spacial score (nSPS) is 9.62. The summed E-state index contributed by atoms with van der Waals surface area (Å²) in [6.45, 7) is 2.44. The highest BCUT2D eigenvalue weighted by Gasteiger charge is 2.04. The van der Waals surface area contributed by atoms with Crippen molar-refractivity contribution < 1.29 is 19.4 Å². The summed E-state index contributed by atoms with van der Waals surface area (Å²) >= 11 is 1.05. The Balaban J connectivity index is 3.25. The maximum absolute atomic E-state index is 10.9. The van der Waals surface area contributed by atoms with Gasteiger partial charge in [0, 0.05) is 0 Å². The van der Waals surface area contributed by atoms with Crippen molar-refractivity contribution in [3.05, 3.63) is 0 Å². The van der Waals surface area contributed by atoms with Crippen LogP contribution < -0.4 is 0 Å². The average Bonchev–Trinajstić information content (AvgIpc) is 2.04. The van der Waals surface area contributed by atoms with Crippen LogP contribution in [-0.4, -0.2) is 35.2 Å². The Morgan fingerprint density at radius 3 is 2.62 bits per heavy atom. The Morgan fingerprint density at radius 2 is 2.08 bits per heavy atom. The molecule has 0 aromatic rings. The third kappa shape index (κ3) is 9.20. The Hall–Kier alpha value is -0.710. The summed E-state index contributed by atoms with van der Waals surface area (Å²) in [7, 11) is 0. The zero-order valence-corrected chi connectivity index (χ0v) is 8.43. The minimum Gasteiger partial charge on any atom is -0.481 e. The Morgan fingerprint density at radius 1 is 1.38 bits per heavy atom. The van der Waals surface area contributed by atoms with E-state index < -0.39 is 5.97 Å². The van der Waals surface area contributed by atoms with E-state index in [1.165, 1.54) is 0 Å². The smallest absolute Gasteiger partial charge is 0.315 e. The van der Waals surface area contributed by atoms with E-state index in [1.807, 2.05) is 6.92 Å². The molecule has 1 N–H and O–H groups in total. The first-order chi connectivity index (χ1) is 6.16. The van der Waals surface area contributed by atoms with Gasteiger partial charge in [-0.25, -0.2) is 0 Å². The van der Waals surface area contributed by atoms with Gasteiger partial charge in [0.2, 0.25) is 0 Å². The molecule has 0 unspecified atom stereocenters. The van der Waals surface area contributed by atoms with Crippen LogP contribution in [0.4, 0.5) is 0 Å². The number of unbranched alkanes of at least 4 members (excludes halogenated alkanes) is 1. The molecule has 0 aliphatic carbocycles. The fourth-order valence-corrected chi connectivity index (χ4v) is 1.12. The number of carboxylic acids is 1. The molecule has 0 saturated heterocycles. The van der Waals surface area contributed by atoms with E-state index in [0.29, 0.717) is 6.61 Å². The number of hydrogen-bond acceptors (Lipinski definition) is 4. The summed E-state index contributed by atoms with van der Waals surface area (Å²) in [5, 5.41) is 8.27. The summed E-state index contributed by atoms with van der Waals surface area (Å²) in [6, 6.07) is 0. The van der Waals surface area contributed by atoms with Crippen LogP contribution in [0.15, 0.2) is 0 Å². The molecule has 0 aliphatic rings. The summed E-state index contributed by atoms with van der Waals surface area (Å²) in [6.07, 6.45) is 1.84. The Bertz CT molecular complexity index is 170. The van der Waals surface area contributed by atoms with Gasteiger partial charge in [0.25, 0.3) is 0 Å². The van der Waals surface area contributed by atoms with Crippen molar-refractivity contribution in [1.29, 1.82) is 0 Å². The van der Waals surface area contributed by atoms with E-state index >= 15 is 0 Å². The molecule has 0 aromatic heterocycles. The Labute approximate surface area is 81.6 Å². The molecule has 0 atom stereocenters. The number of carbonyl (C=O) groups excluding carboxylic acids is 1. The summed E-state index contributed by atoms with van der Waals surface area (Å²) in [4.78, 5) is 20.9. The monoisotopic (exact) mass is 206 g/mol. The molecular weight excluding hydrogens is 192 g/mol. The van der Waals surface area contributed by atoms with Crippen LogP contribution >= 0.6 is 11.8 Å². The van der Waals surface area contributed by atoms with Crippen molar-refractivity contribution >= 4 is 23.7 Å². The molecule has 4 nitrogen and oxygen atoms in total. The van der Waals surface area contributed by atoms with E-state index in [0.717, 1.165) is 24.6 Å². The van der Waals surface area contributed by atoms with Crippen molar-refractivity contribution in [2.24, 2.45) is 0 Å². The van der Waals surface area contributed by atoms with Gasteiger partial charge in [-0.15, -0.1) is 11.8 Å². The minimum absolute atomic E-state index is 0.0527. The van der Waals surface area contributed by atoms with Crippen LogP contribution in [0.2, 0.25) is 0 Å². The number of hydrogen-bond donors (Lipinski definition) is 1. The standard InChI is InChI=1S/C8H14O4S/c1-2-3-4-12-8(11)6-13-5-7(9)10/h2-6H2,1H3,(H,9,10). The number of aliphatic carboxylic acids is 1. The molecule has 0 heterocycles. The zero-order valence-electron chi connectivity index (χ0n) is 7.62. The van der Waals surface area contributed by atoms with Crippen LogP contribution in [0, 0.1) is 0 Å². The number of carbonyl (C=O) groups is 2. The first-order valence-corrected chi connectivity index (χ1v) is 5.27. The SMILES string of the molecule is CCCCOC(=O)CSCC(=O)O. The van der Waals surface area contributed by atoms with Crippen LogP contribution in [0.1, 0.15) is 19.8 Å². The third-order valence-corrected chi connectivity index (χ3v) is 2.10. The molecule has 0 amide bonds. The molecule has 13 heavy (non-hydrogen) atoms. The molecule has 0 fully saturated rings. The fraction of sp³-hybridized carbons (Fsp3) is 0.750. The molecule has 0 rings (SSSR count). The second-order valence-corrected chi connectivity index (χ2v) is 3.45. The van der Waals surface area contributed by atoms with Gasteiger partial charge in [-0.1, -0.05) is 13.3 Å². The number of esters is 1. The fourth-order valence-electron chi connectivity index (χ4n) is 0.594. The maximum atomic E-state index is 10.9. The zero-order chi connectivity index (χ0) is 10.1. The predicted octanol–water partition coefficient (Wildman–Crippen LogP) is 1.15. The van der Waals surface area contributed by atoms with Crippen LogP contribution in [0.3, 0.4) is 0 Å². The van der Waals surface area contributed by atoms with Crippen molar-refractivity contribution in [3.8, 4) is 0 Å². The molecular formula is C8H14O4S. The molecule has 0 aromatic carbocycles. The van der Waals surface area contributed by atoms with Gasteiger partial charge in [0.05, 0.1) is 18.1 Å². The lowest BCUT2D eigenvalue weighted by Crippen LogP contribution is -2.10. The van der Waals surface area contributed by atoms with Crippen LogP contribution in [-0.2, 0) is 14.3 Å². The van der Waals surface area contributed by atoms with Gasteiger partial charge in [-0.3, -0.25) is 9.59 Å². The number of thioether (sulfide) groups is 1. The molecule has 5 heteroatoms. The lowest BCUT2D eigenvalue weighted by molar-refractivity contribution is -0.140. The van der Waals surface area contributed by atoms with Gasteiger partial charge in [-0.05, 0) is 6.42 Å². The summed E-state index contributed by atoms with van der Waals surface area (Å²) in [5.74, 6) is -1.18. The Kier molecular flexibility index (Phi) is 7.48. The van der Waals surface area contributed by atoms with Gasteiger partial charge < -0.3 is 9.84 Å². The average molecular weight is 206 g/mol. The summed E-state index contributed by atoms with van der Waals surface area (Å²) < 4.78 is 4.81. The highest BCUT2D eigenvalue weighted by molar-refractivity contribution is 8.00. The van der Waals surface area contributed by atoms with Crippen molar-refractivity contribution in [2.45, 2.75) is 19.8 Å². The lowest BCUT2D eigenvalue weighted by atomic mass is 10.4. The highest BCUT2D eigenvalue weighted by atomic mass is 32.2. The molecule has 0 radical (unpaired) electrons. The second-order valence-electron chi connectivity index (χ2n) is 2.46. The molecule has 0 spiro atoms. The molecule has 0 aliphatic heterocycles. The number of ether oxygens (including phenoxy) is 1. The van der Waals surface area contributed by atoms with Crippen LogP contribution in [0.5, 0.6) is 0 Å². The van der Waals surface area contributed by atoms with Crippen molar-refractivity contribution in [1.82, 2.24) is 0 Å². The van der Waals surface area contributed by atoms with E-state index in [1.54, 1.807) is 0 Å². The van der Waals surface area contributed by atoms with Gasteiger partial charge in [0.15, 0.2) is 0 Å². The van der Waals surface area contributed by atoms with Gasteiger partial charge in [0.1, 0.15) is 0 Å². The number of carboxylic acid groups (broad SMARTS) is 1. The quantitative estimate of drug-likeness (QED) is 0.500. The molecule has 0 bridgehead atoms. The first kappa shape index (κ1) is 12.3. The maximum Gasteiger partial charge on any atom is 0.315 e.